The van der Waals surface area contributed by atoms with Crippen LogP contribution in [0.1, 0.15) is 25.7 Å². The molecule has 6 heteroatoms. The van der Waals surface area contributed by atoms with Gasteiger partial charge in [0.2, 0.25) is 0 Å². The van der Waals surface area contributed by atoms with Gasteiger partial charge < -0.3 is 10.2 Å². The third-order valence-electron chi connectivity index (χ3n) is 4.65. The summed E-state index contributed by atoms with van der Waals surface area (Å²) in [5, 5.41) is 3.43. The maximum atomic E-state index is 12.6. The van der Waals surface area contributed by atoms with Gasteiger partial charge in [-0.2, -0.15) is 13.2 Å². The van der Waals surface area contributed by atoms with Crippen molar-refractivity contribution >= 4 is 0 Å². The predicted molar refractivity (Wildman–Crippen MR) is 73.7 cm³/mol. The Balaban J connectivity index is 1.57. The van der Waals surface area contributed by atoms with Gasteiger partial charge in [0.15, 0.2) is 0 Å². The highest BCUT2D eigenvalue weighted by Crippen LogP contribution is 2.37. The molecule has 1 aliphatic heterocycles. The molecule has 0 aromatic carbocycles. The lowest BCUT2D eigenvalue weighted by Crippen LogP contribution is -2.47. The largest absolute Gasteiger partial charge is 0.391 e. The van der Waals surface area contributed by atoms with Gasteiger partial charge in [-0.1, -0.05) is 0 Å². The van der Waals surface area contributed by atoms with E-state index in [0.717, 1.165) is 39.3 Å². The van der Waals surface area contributed by atoms with Crippen molar-refractivity contribution in [2.24, 2.45) is 5.92 Å². The summed E-state index contributed by atoms with van der Waals surface area (Å²) in [6.07, 6.45) is -2.10. The summed E-state index contributed by atoms with van der Waals surface area (Å²) in [7, 11) is 2.13. The van der Waals surface area contributed by atoms with Crippen molar-refractivity contribution in [3.63, 3.8) is 0 Å². The second kappa shape index (κ2) is 7.09. The number of likely N-dealkylation sites (N-methyl/N-ethyl adjacent to an activating group) is 1. The molecule has 0 bridgehead atoms. The summed E-state index contributed by atoms with van der Waals surface area (Å²) in [6.45, 7) is 6.31. The fraction of sp³-hybridized carbons (Fsp3) is 1.00. The number of nitrogens with zero attached hydrogens (tertiary/aromatic N) is 2. The Morgan fingerprint density at radius 2 is 1.60 bits per heavy atom. The van der Waals surface area contributed by atoms with Gasteiger partial charge in [-0.25, -0.2) is 0 Å². The van der Waals surface area contributed by atoms with Crippen LogP contribution in [0.25, 0.3) is 0 Å². The highest BCUT2D eigenvalue weighted by atomic mass is 19.4. The van der Waals surface area contributed by atoms with Crippen LogP contribution in [0.2, 0.25) is 0 Å². The molecular formula is C14H26F3N3. The first-order chi connectivity index (χ1) is 9.45. The van der Waals surface area contributed by atoms with E-state index >= 15 is 0 Å². The molecule has 2 fully saturated rings. The number of rotatable bonds is 4. The molecule has 0 unspecified atom stereocenters. The number of hydrogen-bond acceptors (Lipinski definition) is 3. The normalized spacial score (nSPS) is 30.6. The third-order valence-corrected chi connectivity index (χ3v) is 4.65. The first-order valence-electron chi connectivity index (χ1n) is 7.66. The van der Waals surface area contributed by atoms with Crippen LogP contribution in [0, 0.1) is 5.92 Å². The van der Waals surface area contributed by atoms with Crippen LogP contribution >= 0.6 is 0 Å². The highest BCUT2D eigenvalue weighted by molar-refractivity contribution is 4.81. The summed E-state index contributed by atoms with van der Waals surface area (Å²) < 4.78 is 37.7. The van der Waals surface area contributed by atoms with Gasteiger partial charge in [-0.15, -0.1) is 0 Å². The number of alkyl halides is 3. The minimum atomic E-state index is -4.00. The van der Waals surface area contributed by atoms with Crippen molar-refractivity contribution in [2.45, 2.75) is 37.9 Å². The quantitative estimate of drug-likeness (QED) is 0.854. The highest BCUT2D eigenvalue weighted by Gasteiger charge is 2.41. The van der Waals surface area contributed by atoms with Gasteiger partial charge in [0.25, 0.3) is 0 Å². The Bertz CT molecular complexity index is 280. The van der Waals surface area contributed by atoms with Crippen LogP contribution in [0.15, 0.2) is 0 Å². The van der Waals surface area contributed by atoms with Crippen LogP contribution in [-0.4, -0.2) is 68.3 Å². The molecule has 3 nitrogen and oxygen atoms in total. The Labute approximate surface area is 119 Å². The van der Waals surface area contributed by atoms with Crippen molar-refractivity contribution in [1.82, 2.24) is 15.1 Å². The SMILES string of the molecule is CN1CCN(CCNC2CCC(C(F)(F)F)CC2)CC1. The van der Waals surface area contributed by atoms with Crippen molar-refractivity contribution in [3.8, 4) is 0 Å². The second-order valence-electron chi connectivity index (χ2n) is 6.19. The summed E-state index contributed by atoms with van der Waals surface area (Å²) in [6, 6.07) is 0.279. The van der Waals surface area contributed by atoms with E-state index in [-0.39, 0.29) is 18.9 Å². The summed E-state index contributed by atoms with van der Waals surface area (Å²) >= 11 is 0. The second-order valence-corrected chi connectivity index (χ2v) is 6.19. The van der Waals surface area contributed by atoms with Gasteiger partial charge >= 0.3 is 6.18 Å². The lowest BCUT2D eigenvalue weighted by molar-refractivity contribution is -0.182. The van der Waals surface area contributed by atoms with E-state index in [2.05, 4.69) is 22.2 Å². The van der Waals surface area contributed by atoms with Gasteiger partial charge in [0, 0.05) is 45.3 Å². The van der Waals surface area contributed by atoms with Crippen molar-refractivity contribution in [3.05, 3.63) is 0 Å². The van der Waals surface area contributed by atoms with Crippen molar-refractivity contribution < 1.29 is 13.2 Å². The van der Waals surface area contributed by atoms with Crippen molar-refractivity contribution in [1.29, 1.82) is 0 Å². The Hall–Kier alpha value is -0.330. The molecule has 118 valence electrons. The number of nitrogens with one attached hydrogen (secondary N) is 1. The first-order valence-corrected chi connectivity index (χ1v) is 7.66. The molecule has 1 saturated carbocycles. The maximum absolute atomic E-state index is 12.6. The fourth-order valence-electron chi connectivity index (χ4n) is 3.12. The van der Waals surface area contributed by atoms with Crippen LogP contribution in [0.3, 0.4) is 0 Å². The van der Waals surface area contributed by atoms with Gasteiger partial charge in [-0.05, 0) is 32.7 Å². The standard InChI is InChI=1S/C14H26F3N3/c1-19-8-10-20(11-9-19)7-6-18-13-4-2-12(3-5-13)14(15,16)17/h12-13,18H,2-11H2,1H3. The minimum Gasteiger partial charge on any atom is -0.313 e. The van der Waals surface area contributed by atoms with Gasteiger partial charge in [-0.3, -0.25) is 4.90 Å². The summed E-state index contributed by atoms with van der Waals surface area (Å²) in [4.78, 5) is 4.75. The summed E-state index contributed by atoms with van der Waals surface area (Å²) in [5.41, 5.74) is 0. The molecule has 1 N–H and O–H groups in total. The van der Waals surface area contributed by atoms with E-state index in [4.69, 9.17) is 0 Å². The molecule has 0 aromatic heterocycles. The van der Waals surface area contributed by atoms with E-state index in [0.29, 0.717) is 12.8 Å². The summed E-state index contributed by atoms with van der Waals surface area (Å²) in [5.74, 6) is -1.07. The molecule has 1 heterocycles. The van der Waals surface area contributed by atoms with E-state index in [1.807, 2.05) is 0 Å². The zero-order chi connectivity index (χ0) is 14.6. The van der Waals surface area contributed by atoms with Crippen LogP contribution in [0.5, 0.6) is 0 Å². The van der Waals surface area contributed by atoms with E-state index in [9.17, 15) is 13.2 Å². The molecule has 0 spiro atoms. The van der Waals surface area contributed by atoms with Gasteiger partial charge in [0.1, 0.15) is 0 Å². The molecule has 1 aliphatic carbocycles. The smallest absolute Gasteiger partial charge is 0.313 e. The zero-order valence-corrected chi connectivity index (χ0v) is 12.3. The minimum absolute atomic E-state index is 0.279. The number of piperazine rings is 1. The van der Waals surface area contributed by atoms with Crippen molar-refractivity contribution in [2.75, 3.05) is 46.3 Å². The Kier molecular flexibility index (Phi) is 5.69. The van der Waals surface area contributed by atoms with E-state index in [1.165, 1.54) is 0 Å². The van der Waals surface area contributed by atoms with Crippen LogP contribution in [0.4, 0.5) is 13.2 Å². The van der Waals surface area contributed by atoms with E-state index in [1.54, 1.807) is 0 Å². The molecule has 2 aliphatic rings. The average Bonchev–Trinajstić information content (AvgIpc) is 2.41. The first kappa shape index (κ1) is 16.0. The fourth-order valence-corrected chi connectivity index (χ4v) is 3.12. The molecule has 0 amide bonds. The maximum Gasteiger partial charge on any atom is 0.391 e. The zero-order valence-electron chi connectivity index (χ0n) is 12.3. The molecular weight excluding hydrogens is 267 g/mol. The number of halogens is 3. The molecule has 20 heavy (non-hydrogen) atoms. The lowest BCUT2D eigenvalue weighted by atomic mass is 9.85. The molecule has 1 saturated heterocycles. The molecule has 0 atom stereocenters. The monoisotopic (exact) mass is 293 g/mol. The molecule has 0 aromatic rings. The predicted octanol–water partition coefficient (Wildman–Crippen LogP) is 1.94. The molecule has 0 radical (unpaired) electrons. The molecule has 2 rings (SSSR count). The average molecular weight is 293 g/mol. The third kappa shape index (κ3) is 4.90. The topological polar surface area (TPSA) is 18.5 Å². The Morgan fingerprint density at radius 1 is 1.00 bits per heavy atom. The van der Waals surface area contributed by atoms with Gasteiger partial charge in [0.05, 0.1) is 5.92 Å². The Morgan fingerprint density at radius 3 is 2.15 bits per heavy atom. The van der Waals surface area contributed by atoms with Crippen LogP contribution in [-0.2, 0) is 0 Å². The number of hydrogen-bond donors (Lipinski definition) is 1. The lowest BCUT2D eigenvalue weighted by Gasteiger charge is -2.34. The van der Waals surface area contributed by atoms with E-state index < -0.39 is 12.1 Å². The van der Waals surface area contributed by atoms with Crippen LogP contribution < -0.4 is 5.32 Å².